The normalized spacial score (nSPS) is 13.9. The average Bonchev–Trinajstić information content (AvgIpc) is 2.88. The van der Waals surface area contributed by atoms with Gasteiger partial charge in [0.05, 0.1) is 0 Å². The highest BCUT2D eigenvalue weighted by Gasteiger charge is 2.32. The van der Waals surface area contributed by atoms with E-state index in [9.17, 15) is 0 Å². The van der Waals surface area contributed by atoms with Crippen LogP contribution in [-0.2, 0) is 30.2 Å². The lowest BCUT2D eigenvalue weighted by Crippen LogP contribution is -2.28. The molecule has 0 radical (unpaired) electrons. The van der Waals surface area contributed by atoms with Crippen molar-refractivity contribution in [3.8, 4) is 0 Å². The van der Waals surface area contributed by atoms with Crippen molar-refractivity contribution in [1.29, 1.82) is 0 Å². The molecule has 0 fully saturated rings. The number of rotatable bonds is 3. The SMILES string of the molecule is Cc1cc2ccc1CCc1ccc(c(P(=O)(c3ccccc3)c3ccccc3)c1)CCC2. The summed E-state index contributed by atoms with van der Waals surface area (Å²) in [5.41, 5.74) is 6.68. The van der Waals surface area contributed by atoms with Crippen LogP contribution < -0.4 is 15.9 Å². The van der Waals surface area contributed by atoms with Crippen LogP contribution in [0.5, 0.6) is 0 Å². The fourth-order valence-corrected chi connectivity index (χ4v) is 7.91. The first kappa shape index (κ1) is 21.0. The first-order valence-electron chi connectivity index (χ1n) is 11.6. The zero-order chi connectivity index (χ0) is 22.0. The lowest BCUT2D eigenvalue weighted by molar-refractivity contribution is 0.592. The van der Waals surface area contributed by atoms with Gasteiger partial charge in [0.15, 0.2) is 7.14 Å². The highest BCUT2D eigenvalue weighted by Crippen LogP contribution is 2.44. The van der Waals surface area contributed by atoms with Crippen LogP contribution in [-0.4, -0.2) is 0 Å². The van der Waals surface area contributed by atoms with E-state index in [1.807, 2.05) is 60.7 Å². The molecule has 160 valence electrons. The second-order valence-corrected chi connectivity index (χ2v) is 11.6. The van der Waals surface area contributed by atoms with Gasteiger partial charge in [-0.15, -0.1) is 0 Å². The molecular weight excluding hydrogens is 407 g/mol. The van der Waals surface area contributed by atoms with Crippen LogP contribution in [0.25, 0.3) is 0 Å². The molecular formula is C30H29OP. The third kappa shape index (κ3) is 3.98. The molecule has 8 rings (SSSR count). The topological polar surface area (TPSA) is 17.1 Å². The lowest BCUT2D eigenvalue weighted by Gasteiger charge is -2.24. The Hall–Kier alpha value is -2.89. The maximum absolute atomic E-state index is 15.1. The Morgan fingerprint density at radius 1 is 0.594 bits per heavy atom. The van der Waals surface area contributed by atoms with E-state index in [1.165, 1.54) is 27.8 Å². The van der Waals surface area contributed by atoms with Crippen molar-refractivity contribution in [3.05, 3.63) is 125 Å². The summed E-state index contributed by atoms with van der Waals surface area (Å²) in [5.74, 6) is 0. The molecule has 4 aromatic rings. The van der Waals surface area contributed by atoms with Crippen LogP contribution in [0.4, 0.5) is 0 Å². The van der Waals surface area contributed by atoms with E-state index in [1.54, 1.807) is 0 Å². The summed E-state index contributed by atoms with van der Waals surface area (Å²) >= 11 is 0. The zero-order valence-electron chi connectivity index (χ0n) is 18.6. The molecule has 0 heterocycles. The van der Waals surface area contributed by atoms with E-state index in [2.05, 4.69) is 43.3 Å². The molecule has 2 heteroatoms. The average molecular weight is 437 g/mol. The van der Waals surface area contributed by atoms with Crippen molar-refractivity contribution >= 4 is 23.1 Å². The predicted molar refractivity (Wildman–Crippen MR) is 136 cm³/mol. The number of hydrogen-bond donors (Lipinski definition) is 0. The smallest absolute Gasteiger partial charge is 0.171 e. The van der Waals surface area contributed by atoms with Gasteiger partial charge < -0.3 is 4.57 Å². The molecule has 0 unspecified atom stereocenters. The summed E-state index contributed by atoms with van der Waals surface area (Å²) < 4.78 is 15.1. The minimum absolute atomic E-state index is 0.914. The third-order valence-electron chi connectivity index (χ3n) is 6.73. The minimum Gasteiger partial charge on any atom is -0.309 e. The van der Waals surface area contributed by atoms with Gasteiger partial charge >= 0.3 is 0 Å². The van der Waals surface area contributed by atoms with Gasteiger partial charge in [-0.1, -0.05) is 91.0 Å². The summed E-state index contributed by atoms with van der Waals surface area (Å²) in [6.07, 6.45) is 4.99. The van der Waals surface area contributed by atoms with Crippen LogP contribution in [0.1, 0.15) is 34.2 Å². The Balaban J connectivity index is 1.68. The highest BCUT2D eigenvalue weighted by molar-refractivity contribution is 7.85. The molecule has 0 spiro atoms. The second kappa shape index (κ2) is 8.93. The molecule has 0 aliphatic heterocycles. The summed E-state index contributed by atoms with van der Waals surface area (Å²) in [4.78, 5) is 0. The van der Waals surface area contributed by atoms with Gasteiger partial charge in [0, 0.05) is 15.9 Å². The number of aryl methyl sites for hydroxylation is 5. The molecule has 4 bridgehead atoms. The highest BCUT2D eigenvalue weighted by atomic mass is 31.2. The fourth-order valence-electron chi connectivity index (χ4n) is 4.93. The van der Waals surface area contributed by atoms with Crippen LogP contribution in [0.15, 0.2) is 97.1 Å². The first-order chi connectivity index (χ1) is 15.6. The Labute approximate surface area is 191 Å². The van der Waals surface area contributed by atoms with E-state index in [0.717, 1.165) is 48.0 Å². The molecule has 0 aromatic heterocycles. The minimum atomic E-state index is -2.98. The molecule has 4 aromatic carbocycles. The van der Waals surface area contributed by atoms with Gasteiger partial charge in [0.1, 0.15) is 0 Å². The van der Waals surface area contributed by atoms with Crippen LogP contribution in [0.3, 0.4) is 0 Å². The van der Waals surface area contributed by atoms with Crippen LogP contribution in [0.2, 0.25) is 0 Å². The molecule has 32 heavy (non-hydrogen) atoms. The maximum atomic E-state index is 15.1. The Kier molecular flexibility index (Phi) is 5.85. The second-order valence-electron chi connectivity index (χ2n) is 8.86. The zero-order valence-corrected chi connectivity index (χ0v) is 19.5. The monoisotopic (exact) mass is 436 g/mol. The van der Waals surface area contributed by atoms with E-state index in [4.69, 9.17) is 0 Å². The fraction of sp³-hybridized carbons (Fsp3) is 0.200. The number of hydrogen-bond acceptors (Lipinski definition) is 1. The Morgan fingerprint density at radius 2 is 1.19 bits per heavy atom. The molecule has 4 aliphatic carbocycles. The standard InChI is InChI=1S/C30H29OP/c1-23-21-24-9-8-10-27-20-17-25(16-19-26(23)18-15-24)22-30(27)32(31,28-11-4-2-5-12-28)29-13-6-3-7-14-29/h2-7,11-15,17-18,20-22H,8-10,16,19H2,1H3. The van der Waals surface area contributed by atoms with Crippen molar-refractivity contribution in [2.45, 2.75) is 39.0 Å². The molecule has 0 N–H and O–H groups in total. The molecule has 0 saturated heterocycles. The van der Waals surface area contributed by atoms with Crippen molar-refractivity contribution < 1.29 is 4.57 Å². The van der Waals surface area contributed by atoms with E-state index in [-0.39, 0.29) is 0 Å². The summed E-state index contributed by atoms with van der Waals surface area (Å²) in [7, 11) is -2.98. The predicted octanol–water partition coefficient (Wildman–Crippen LogP) is 5.91. The van der Waals surface area contributed by atoms with Gasteiger partial charge in [0.25, 0.3) is 0 Å². The summed E-state index contributed by atoms with van der Waals surface area (Å²) in [6, 6.07) is 33.8. The van der Waals surface area contributed by atoms with E-state index < -0.39 is 7.14 Å². The summed E-state index contributed by atoms with van der Waals surface area (Å²) in [5, 5.41) is 2.85. The Morgan fingerprint density at radius 3 is 1.81 bits per heavy atom. The van der Waals surface area contributed by atoms with Crippen molar-refractivity contribution in [1.82, 2.24) is 0 Å². The molecule has 0 amide bonds. The number of benzene rings is 4. The van der Waals surface area contributed by atoms with Gasteiger partial charge in [-0.25, -0.2) is 0 Å². The van der Waals surface area contributed by atoms with Gasteiger partial charge in [0.2, 0.25) is 0 Å². The molecule has 1 nitrogen and oxygen atoms in total. The van der Waals surface area contributed by atoms with Crippen molar-refractivity contribution in [2.75, 3.05) is 0 Å². The quantitative estimate of drug-likeness (QED) is 0.365. The summed E-state index contributed by atoms with van der Waals surface area (Å²) in [6.45, 7) is 2.23. The largest absolute Gasteiger partial charge is 0.309 e. The van der Waals surface area contributed by atoms with Crippen molar-refractivity contribution in [2.24, 2.45) is 0 Å². The van der Waals surface area contributed by atoms with Crippen LogP contribution in [0, 0.1) is 6.92 Å². The van der Waals surface area contributed by atoms with E-state index >= 15 is 4.57 Å². The maximum Gasteiger partial charge on any atom is 0.171 e. The molecule has 0 atom stereocenters. The van der Waals surface area contributed by atoms with Crippen molar-refractivity contribution in [3.63, 3.8) is 0 Å². The lowest BCUT2D eigenvalue weighted by atomic mass is 9.98. The third-order valence-corrected chi connectivity index (χ3v) is 9.88. The van der Waals surface area contributed by atoms with Gasteiger partial charge in [-0.2, -0.15) is 0 Å². The van der Waals surface area contributed by atoms with Gasteiger partial charge in [-0.3, -0.25) is 0 Å². The Bertz CT molecular complexity index is 1230. The van der Waals surface area contributed by atoms with Gasteiger partial charge in [-0.05, 0) is 72.9 Å². The van der Waals surface area contributed by atoms with Crippen LogP contribution >= 0.6 is 7.14 Å². The van der Waals surface area contributed by atoms with E-state index in [0.29, 0.717) is 0 Å². The molecule has 0 saturated carbocycles. The first-order valence-corrected chi connectivity index (χ1v) is 13.3. The molecule has 4 aliphatic rings.